The van der Waals surface area contributed by atoms with E-state index in [9.17, 15) is 22.8 Å². The van der Waals surface area contributed by atoms with Crippen molar-refractivity contribution >= 4 is 38.9 Å². The quantitative estimate of drug-likeness (QED) is 0.655. The third-order valence-corrected chi connectivity index (χ3v) is 5.93. The van der Waals surface area contributed by atoms with Crippen LogP contribution in [0, 0.1) is 5.41 Å². The normalized spacial score (nSPS) is 18.8. The van der Waals surface area contributed by atoms with Gasteiger partial charge in [-0.1, -0.05) is 0 Å². The monoisotopic (exact) mass is 381 g/mol. The van der Waals surface area contributed by atoms with Gasteiger partial charge in [-0.25, -0.2) is 8.42 Å². The van der Waals surface area contributed by atoms with E-state index in [0.29, 0.717) is 17.8 Å². The average Bonchev–Trinajstić information content (AvgIpc) is 2.87. The summed E-state index contributed by atoms with van der Waals surface area (Å²) in [7, 11) is -3.11. The molecule has 142 valence electrons. The van der Waals surface area contributed by atoms with Crippen molar-refractivity contribution in [2.45, 2.75) is 33.2 Å². The predicted molar refractivity (Wildman–Crippen MR) is 98.4 cm³/mol. The molecule has 1 heterocycles. The van der Waals surface area contributed by atoms with Gasteiger partial charge in [-0.2, -0.15) is 0 Å². The fourth-order valence-electron chi connectivity index (χ4n) is 2.51. The first-order valence-electron chi connectivity index (χ1n) is 8.20. The molecular weight excluding hydrogens is 358 g/mol. The van der Waals surface area contributed by atoms with Crippen LogP contribution in [-0.2, 0) is 24.2 Å². The molecule has 0 bridgehead atoms. The molecule has 26 heavy (non-hydrogen) atoms. The third kappa shape index (κ3) is 5.04. The highest BCUT2D eigenvalue weighted by Gasteiger charge is 2.39. The molecule has 2 rings (SSSR count). The van der Waals surface area contributed by atoms with Crippen molar-refractivity contribution in [2.75, 3.05) is 22.1 Å². The van der Waals surface area contributed by atoms with Crippen LogP contribution in [0.5, 0.6) is 0 Å². The molecule has 1 unspecified atom stereocenters. The molecule has 1 saturated heterocycles. The van der Waals surface area contributed by atoms with E-state index < -0.39 is 33.1 Å². The van der Waals surface area contributed by atoms with E-state index in [1.165, 1.54) is 20.8 Å². The number of anilines is 2. The zero-order chi connectivity index (χ0) is 19.5. The number of benzene rings is 1. The SMILES string of the molecule is CC(=O)Nc1ccc(NC(=O)C(C)(C)C(=O)NC2CCS(=O)(=O)C2)cc1. The third-order valence-electron chi connectivity index (χ3n) is 4.17. The number of carbonyl (C=O) groups is 3. The lowest BCUT2D eigenvalue weighted by atomic mass is 9.90. The van der Waals surface area contributed by atoms with Crippen molar-refractivity contribution in [3.05, 3.63) is 24.3 Å². The second-order valence-corrected chi connectivity index (χ2v) is 9.14. The van der Waals surface area contributed by atoms with Gasteiger partial charge in [0.2, 0.25) is 17.7 Å². The van der Waals surface area contributed by atoms with Crippen LogP contribution >= 0.6 is 0 Å². The summed E-state index contributed by atoms with van der Waals surface area (Å²) in [4.78, 5) is 35.9. The van der Waals surface area contributed by atoms with Crippen LogP contribution in [0.15, 0.2) is 24.3 Å². The maximum atomic E-state index is 12.5. The molecule has 0 aromatic heterocycles. The number of hydrogen-bond acceptors (Lipinski definition) is 5. The van der Waals surface area contributed by atoms with Crippen molar-refractivity contribution in [1.29, 1.82) is 0 Å². The molecule has 3 N–H and O–H groups in total. The van der Waals surface area contributed by atoms with Crippen LogP contribution in [-0.4, -0.2) is 43.7 Å². The summed E-state index contributed by atoms with van der Waals surface area (Å²) in [6, 6.07) is 6.03. The molecule has 1 aliphatic heterocycles. The molecule has 1 aromatic rings. The summed E-state index contributed by atoms with van der Waals surface area (Å²) in [6.45, 7) is 4.35. The summed E-state index contributed by atoms with van der Waals surface area (Å²) in [5.74, 6) is -1.28. The van der Waals surface area contributed by atoms with Gasteiger partial charge in [-0.05, 0) is 44.5 Å². The maximum Gasteiger partial charge on any atom is 0.239 e. The Labute approximate surface area is 152 Å². The highest BCUT2D eigenvalue weighted by Crippen LogP contribution is 2.22. The van der Waals surface area contributed by atoms with Crippen molar-refractivity contribution in [2.24, 2.45) is 5.41 Å². The minimum absolute atomic E-state index is 0.0468. The van der Waals surface area contributed by atoms with Crippen molar-refractivity contribution in [3.63, 3.8) is 0 Å². The molecule has 0 aliphatic carbocycles. The summed E-state index contributed by atoms with van der Waals surface area (Å²) in [5, 5.41) is 7.92. The zero-order valence-electron chi connectivity index (χ0n) is 15.0. The van der Waals surface area contributed by atoms with Crippen LogP contribution in [0.4, 0.5) is 11.4 Å². The van der Waals surface area contributed by atoms with Gasteiger partial charge in [0.15, 0.2) is 9.84 Å². The average molecular weight is 381 g/mol. The fourth-order valence-corrected chi connectivity index (χ4v) is 4.18. The number of rotatable bonds is 5. The Morgan fingerprint density at radius 2 is 1.54 bits per heavy atom. The lowest BCUT2D eigenvalue weighted by Gasteiger charge is -2.24. The van der Waals surface area contributed by atoms with Gasteiger partial charge in [-0.15, -0.1) is 0 Å². The number of amides is 3. The highest BCUT2D eigenvalue weighted by molar-refractivity contribution is 7.91. The molecule has 1 fully saturated rings. The highest BCUT2D eigenvalue weighted by atomic mass is 32.2. The van der Waals surface area contributed by atoms with Gasteiger partial charge in [0, 0.05) is 24.3 Å². The summed E-state index contributed by atoms with van der Waals surface area (Å²) in [5.41, 5.74) is -0.300. The summed E-state index contributed by atoms with van der Waals surface area (Å²) >= 11 is 0. The first-order chi connectivity index (χ1) is 12.0. The topological polar surface area (TPSA) is 121 Å². The van der Waals surface area contributed by atoms with E-state index in [2.05, 4.69) is 16.0 Å². The van der Waals surface area contributed by atoms with E-state index in [1.54, 1.807) is 24.3 Å². The lowest BCUT2D eigenvalue weighted by Crippen LogP contribution is -2.48. The van der Waals surface area contributed by atoms with E-state index in [-0.39, 0.29) is 17.4 Å². The fraction of sp³-hybridized carbons (Fsp3) is 0.471. The van der Waals surface area contributed by atoms with E-state index in [0.717, 1.165) is 0 Å². The largest absolute Gasteiger partial charge is 0.351 e. The number of sulfone groups is 1. The first-order valence-corrected chi connectivity index (χ1v) is 10.0. The molecule has 8 nitrogen and oxygen atoms in total. The molecule has 0 radical (unpaired) electrons. The summed E-state index contributed by atoms with van der Waals surface area (Å²) in [6.07, 6.45) is 0.358. The van der Waals surface area contributed by atoms with E-state index >= 15 is 0 Å². The Morgan fingerprint density at radius 1 is 1.00 bits per heavy atom. The molecule has 9 heteroatoms. The Hall–Kier alpha value is -2.42. The zero-order valence-corrected chi connectivity index (χ0v) is 15.8. The molecule has 1 aromatic carbocycles. The molecule has 3 amide bonds. The predicted octanol–water partition coefficient (Wildman–Crippen LogP) is 0.913. The standard InChI is InChI=1S/C17H23N3O5S/c1-11(21)18-12-4-6-13(7-5-12)19-15(22)17(2,3)16(23)20-14-8-9-26(24,25)10-14/h4-7,14H,8-10H2,1-3H3,(H,18,21)(H,19,22)(H,20,23). The van der Waals surface area contributed by atoms with Crippen molar-refractivity contribution in [1.82, 2.24) is 5.32 Å². The van der Waals surface area contributed by atoms with Crippen LogP contribution in [0.2, 0.25) is 0 Å². The maximum absolute atomic E-state index is 12.5. The smallest absolute Gasteiger partial charge is 0.239 e. The Bertz CT molecular complexity index is 815. The number of nitrogens with one attached hydrogen (secondary N) is 3. The van der Waals surface area contributed by atoms with Gasteiger partial charge in [0.1, 0.15) is 5.41 Å². The van der Waals surface area contributed by atoms with Gasteiger partial charge in [-0.3, -0.25) is 14.4 Å². The summed E-state index contributed by atoms with van der Waals surface area (Å²) < 4.78 is 23.0. The Kier molecular flexibility index (Phi) is 5.70. The van der Waals surface area contributed by atoms with Gasteiger partial charge < -0.3 is 16.0 Å². The second kappa shape index (κ2) is 7.45. The first kappa shape index (κ1) is 19.9. The number of carbonyl (C=O) groups excluding carboxylic acids is 3. The van der Waals surface area contributed by atoms with Crippen LogP contribution in [0.25, 0.3) is 0 Å². The molecule has 0 spiro atoms. The van der Waals surface area contributed by atoms with Crippen LogP contribution < -0.4 is 16.0 Å². The van der Waals surface area contributed by atoms with Crippen molar-refractivity contribution < 1.29 is 22.8 Å². The Balaban J connectivity index is 1.98. The van der Waals surface area contributed by atoms with Gasteiger partial charge in [0.05, 0.1) is 11.5 Å². The Morgan fingerprint density at radius 3 is 2.00 bits per heavy atom. The van der Waals surface area contributed by atoms with Crippen molar-refractivity contribution in [3.8, 4) is 0 Å². The minimum atomic E-state index is -3.11. The lowest BCUT2D eigenvalue weighted by molar-refractivity contribution is -0.138. The molecule has 1 aliphatic rings. The van der Waals surface area contributed by atoms with Crippen LogP contribution in [0.3, 0.4) is 0 Å². The van der Waals surface area contributed by atoms with Crippen LogP contribution in [0.1, 0.15) is 27.2 Å². The van der Waals surface area contributed by atoms with Gasteiger partial charge in [0.25, 0.3) is 0 Å². The molecule has 1 atom stereocenters. The van der Waals surface area contributed by atoms with Gasteiger partial charge >= 0.3 is 0 Å². The number of hydrogen-bond donors (Lipinski definition) is 3. The second-order valence-electron chi connectivity index (χ2n) is 6.91. The molecule has 0 saturated carbocycles. The molecular formula is C17H23N3O5S. The van der Waals surface area contributed by atoms with E-state index in [1.807, 2.05) is 0 Å². The minimum Gasteiger partial charge on any atom is -0.351 e. The van der Waals surface area contributed by atoms with E-state index in [4.69, 9.17) is 0 Å².